The SMILES string of the molecule is Fc1cc2nc3c(n2cc1-c1ccc(C2CC2)nc1)COCC3. The van der Waals surface area contributed by atoms with Crippen molar-refractivity contribution < 1.29 is 9.13 Å². The average molecular weight is 309 g/mol. The Kier molecular flexibility index (Phi) is 2.79. The molecule has 0 amide bonds. The van der Waals surface area contributed by atoms with Gasteiger partial charge in [-0.2, -0.15) is 0 Å². The summed E-state index contributed by atoms with van der Waals surface area (Å²) in [5.41, 5.74) is 5.14. The van der Waals surface area contributed by atoms with Crippen LogP contribution in [0.5, 0.6) is 0 Å². The second kappa shape index (κ2) is 4.86. The number of rotatable bonds is 2. The first-order chi connectivity index (χ1) is 11.3. The summed E-state index contributed by atoms with van der Waals surface area (Å²) in [5, 5.41) is 0. The van der Waals surface area contributed by atoms with E-state index in [1.54, 1.807) is 6.20 Å². The molecule has 4 heterocycles. The van der Waals surface area contributed by atoms with Crippen molar-refractivity contribution in [2.75, 3.05) is 6.61 Å². The number of pyridine rings is 2. The van der Waals surface area contributed by atoms with Crippen molar-refractivity contribution in [2.24, 2.45) is 0 Å². The van der Waals surface area contributed by atoms with Crippen LogP contribution in [0.25, 0.3) is 16.8 Å². The quantitative estimate of drug-likeness (QED) is 0.727. The van der Waals surface area contributed by atoms with Crippen LogP contribution in [0.4, 0.5) is 4.39 Å². The van der Waals surface area contributed by atoms with Crippen LogP contribution in [0.2, 0.25) is 0 Å². The Morgan fingerprint density at radius 1 is 1.26 bits per heavy atom. The molecule has 1 saturated carbocycles. The fraction of sp³-hybridized carbons (Fsp3) is 0.333. The topological polar surface area (TPSA) is 39.4 Å². The highest BCUT2D eigenvalue weighted by molar-refractivity contribution is 5.65. The lowest BCUT2D eigenvalue weighted by Crippen LogP contribution is -2.10. The first-order valence-electron chi connectivity index (χ1n) is 8.03. The van der Waals surface area contributed by atoms with Gasteiger partial charge in [0.25, 0.3) is 0 Å². The van der Waals surface area contributed by atoms with Crippen LogP contribution >= 0.6 is 0 Å². The minimum absolute atomic E-state index is 0.262. The summed E-state index contributed by atoms with van der Waals surface area (Å²) in [4.78, 5) is 9.02. The number of hydrogen-bond acceptors (Lipinski definition) is 3. The maximum absolute atomic E-state index is 14.5. The van der Waals surface area contributed by atoms with Gasteiger partial charge in [-0.05, 0) is 18.9 Å². The monoisotopic (exact) mass is 309 g/mol. The van der Waals surface area contributed by atoms with Gasteiger partial charge in [-0.25, -0.2) is 9.37 Å². The Bertz CT molecular complexity index is 897. The van der Waals surface area contributed by atoms with Crippen molar-refractivity contribution >= 4 is 5.65 Å². The molecule has 0 saturated heterocycles. The summed E-state index contributed by atoms with van der Waals surface area (Å²) < 4.78 is 22.0. The number of imidazole rings is 1. The van der Waals surface area contributed by atoms with E-state index < -0.39 is 0 Å². The van der Waals surface area contributed by atoms with Gasteiger partial charge in [0.05, 0.1) is 24.6 Å². The van der Waals surface area contributed by atoms with Crippen LogP contribution in [0.1, 0.15) is 35.8 Å². The van der Waals surface area contributed by atoms with E-state index in [4.69, 9.17) is 4.74 Å². The highest BCUT2D eigenvalue weighted by atomic mass is 19.1. The summed E-state index contributed by atoms with van der Waals surface area (Å²) in [7, 11) is 0. The molecular weight excluding hydrogens is 293 g/mol. The summed E-state index contributed by atoms with van der Waals surface area (Å²) in [6.07, 6.45) is 6.81. The Morgan fingerprint density at radius 2 is 2.17 bits per heavy atom. The van der Waals surface area contributed by atoms with Crippen LogP contribution in [0.3, 0.4) is 0 Å². The maximum atomic E-state index is 14.5. The Labute approximate surface area is 133 Å². The van der Waals surface area contributed by atoms with Gasteiger partial charge in [0.1, 0.15) is 11.5 Å². The minimum Gasteiger partial charge on any atom is -0.375 e. The van der Waals surface area contributed by atoms with Gasteiger partial charge in [0, 0.05) is 47.6 Å². The summed E-state index contributed by atoms with van der Waals surface area (Å²) >= 11 is 0. The van der Waals surface area contributed by atoms with Crippen LogP contribution in [0, 0.1) is 5.82 Å². The van der Waals surface area contributed by atoms with E-state index in [1.165, 1.54) is 18.9 Å². The maximum Gasteiger partial charge on any atom is 0.140 e. The normalized spacial score (nSPS) is 17.4. The van der Waals surface area contributed by atoms with Crippen LogP contribution in [0.15, 0.2) is 30.6 Å². The van der Waals surface area contributed by atoms with Gasteiger partial charge in [-0.1, -0.05) is 6.07 Å². The van der Waals surface area contributed by atoms with Crippen molar-refractivity contribution in [3.63, 3.8) is 0 Å². The van der Waals surface area contributed by atoms with Crippen molar-refractivity contribution in [1.29, 1.82) is 0 Å². The second-order valence-corrected chi connectivity index (χ2v) is 6.32. The molecule has 0 radical (unpaired) electrons. The van der Waals surface area contributed by atoms with E-state index >= 15 is 0 Å². The summed E-state index contributed by atoms with van der Waals surface area (Å²) in [6.45, 7) is 1.21. The molecule has 1 aliphatic carbocycles. The number of aromatic nitrogens is 3. The molecule has 23 heavy (non-hydrogen) atoms. The Balaban J connectivity index is 1.63. The smallest absolute Gasteiger partial charge is 0.140 e. The second-order valence-electron chi connectivity index (χ2n) is 6.32. The van der Waals surface area contributed by atoms with E-state index in [0.29, 0.717) is 30.3 Å². The average Bonchev–Trinajstić information content (AvgIpc) is 3.36. The standard InChI is InChI=1S/C18H16FN3O/c19-14-7-18-21-16-5-6-23-10-17(16)22(18)9-13(14)12-3-4-15(20-8-12)11-1-2-11/h3-4,7-9,11H,1-2,5-6,10H2. The summed E-state index contributed by atoms with van der Waals surface area (Å²) in [6, 6.07) is 5.48. The molecule has 1 fully saturated rings. The predicted octanol–water partition coefficient (Wildman–Crippen LogP) is 3.49. The zero-order chi connectivity index (χ0) is 15.4. The minimum atomic E-state index is -0.262. The molecule has 3 aromatic rings. The van der Waals surface area contributed by atoms with E-state index in [-0.39, 0.29) is 5.82 Å². The molecule has 5 rings (SSSR count). The molecule has 116 valence electrons. The zero-order valence-corrected chi connectivity index (χ0v) is 12.6. The molecule has 1 aliphatic heterocycles. The van der Waals surface area contributed by atoms with Gasteiger partial charge in [0.15, 0.2) is 0 Å². The van der Waals surface area contributed by atoms with Crippen LogP contribution < -0.4 is 0 Å². The van der Waals surface area contributed by atoms with Gasteiger partial charge in [-0.3, -0.25) is 4.98 Å². The Morgan fingerprint density at radius 3 is 2.96 bits per heavy atom. The van der Waals surface area contributed by atoms with E-state index in [1.807, 2.05) is 22.7 Å². The first-order valence-corrected chi connectivity index (χ1v) is 8.03. The van der Waals surface area contributed by atoms with E-state index in [2.05, 4.69) is 9.97 Å². The fourth-order valence-electron chi connectivity index (χ4n) is 3.25. The molecule has 3 aromatic heterocycles. The molecule has 4 nitrogen and oxygen atoms in total. The highest BCUT2D eigenvalue weighted by Gasteiger charge is 2.25. The largest absolute Gasteiger partial charge is 0.375 e. The fourth-order valence-corrected chi connectivity index (χ4v) is 3.25. The van der Waals surface area contributed by atoms with Crippen LogP contribution in [-0.2, 0) is 17.8 Å². The molecule has 5 heteroatoms. The third-order valence-corrected chi connectivity index (χ3v) is 4.71. The zero-order valence-electron chi connectivity index (χ0n) is 12.6. The molecule has 0 aromatic carbocycles. The summed E-state index contributed by atoms with van der Waals surface area (Å²) in [5.74, 6) is 0.343. The number of fused-ring (bicyclic) bond motifs is 3. The molecule has 0 N–H and O–H groups in total. The van der Waals surface area contributed by atoms with Crippen molar-refractivity contribution in [2.45, 2.75) is 31.8 Å². The van der Waals surface area contributed by atoms with Crippen LogP contribution in [-0.4, -0.2) is 21.0 Å². The van der Waals surface area contributed by atoms with Gasteiger partial charge >= 0.3 is 0 Å². The number of hydrogen-bond donors (Lipinski definition) is 0. The van der Waals surface area contributed by atoms with Gasteiger partial charge in [0.2, 0.25) is 0 Å². The highest BCUT2D eigenvalue weighted by Crippen LogP contribution is 2.39. The van der Waals surface area contributed by atoms with Crippen molar-refractivity contribution in [3.8, 4) is 11.1 Å². The lowest BCUT2D eigenvalue weighted by atomic mass is 10.1. The molecule has 2 aliphatic rings. The number of ether oxygens (including phenoxy) is 1. The third kappa shape index (κ3) is 2.15. The van der Waals surface area contributed by atoms with Crippen molar-refractivity contribution in [3.05, 3.63) is 53.5 Å². The first kappa shape index (κ1) is 13.2. The predicted molar refractivity (Wildman–Crippen MR) is 83.7 cm³/mol. The lowest BCUT2D eigenvalue weighted by Gasteiger charge is -2.12. The molecule has 0 unspecified atom stereocenters. The lowest BCUT2D eigenvalue weighted by molar-refractivity contribution is 0.106. The van der Waals surface area contributed by atoms with E-state index in [0.717, 1.165) is 29.1 Å². The van der Waals surface area contributed by atoms with Gasteiger partial charge in [-0.15, -0.1) is 0 Å². The molecule has 0 spiro atoms. The number of halogens is 1. The third-order valence-electron chi connectivity index (χ3n) is 4.71. The molecule has 0 atom stereocenters. The molecule has 0 bridgehead atoms. The van der Waals surface area contributed by atoms with Gasteiger partial charge < -0.3 is 9.14 Å². The van der Waals surface area contributed by atoms with E-state index in [9.17, 15) is 4.39 Å². The van der Waals surface area contributed by atoms with Crippen molar-refractivity contribution in [1.82, 2.24) is 14.4 Å². The number of nitrogens with zero attached hydrogens (tertiary/aromatic N) is 3. The molecular formula is C18H16FN3O. The Hall–Kier alpha value is -2.27.